The van der Waals surface area contributed by atoms with Crippen LogP contribution < -0.4 is 21.9 Å². The fourth-order valence-electron chi connectivity index (χ4n) is 1.24. The Balaban J connectivity index is 3.38. The van der Waals surface area contributed by atoms with Crippen molar-refractivity contribution in [2.75, 3.05) is 7.11 Å². The molecule has 1 rings (SSSR count). The molecule has 0 aromatic heterocycles. The Labute approximate surface area is 107 Å². The number of halogens is 1. The Hall–Kier alpha value is -2.84. The van der Waals surface area contributed by atoms with Gasteiger partial charge in [-0.1, -0.05) is 0 Å². The number of carbonyl (C=O) groups is 1. The molecular weight excluding hydrogens is 257 g/mol. The summed E-state index contributed by atoms with van der Waals surface area (Å²) < 4.78 is 18.2. The normalized spacial score (nSPS) is 10.9. The maximum atomic E-state index is 13.5. The highest BCUT2D eigenvalue weighted by Crippen LogP contribution is 2.28. The molecule has 1 aromatic rings. The summed E-state index contributed by atoms with van der Waals surface area (Å²) in [6.45, 7) is 0. The third kappa shape index (κ3) is 3.56. The van der Waals surface area contributed by atoms with Gasteiger partial charge in [0.1, 0.15) is 0 Å². The molecule has 19 heavy (non-hydrogen) atoms. The Morgan fingerprint density at radius 3 is 2.47 bits per heavy atom. The Morgan fingerprint density at radius 1 is 1.37 bits per heavy atom. The number of carboxylic acids is 1. The summed E-state index contributed by atoms with van der Waals surface area (Å²) in [6, 6.07) is 1.84. The average Bonchev–Trinajstić information content (AvgIpc) is 2.27. The van der Waals surface area contributed by atoms with Crippen molar-refractivity contribution in [2.24, 2.45) is 27.2 Å². The van der Waals surface area contributed by atoms with Crippen LogP contribution in [0.1, 0.15) is 10.4 Å². The number of hydrogen-bond acceptors (Lipinski definition) is 3. The van der Waals surface area contributed by atoms with Crippen molar-refractivity contribution < 1.29 is 19.0 Å². The van der Waals surface area contributed by atoms with Crippen molar-refractivity contribution in [2.45, 2.75) is 0 Å². The third-order valence-corrected chi connectivity index (χ3v) is 1.98. The van der Waals surface area contributed by atoms with Crippen molar-refractivity contribution in [3.05, 3.63) is 23.5 Å². The SMILES string of the molecule is COc1cc(C(=O)O)c(N=C(N)N=C(N)N)cc1F. The zero-order valence-corrected chi connectivity index (χ0v) is 9.92. The molecule has 9 heteroatoms. The quantitative estimate of drug-likeness (QED) is 0.439. The van der Waals surface area contributed by atoms with Crippen LogP contribution in [-0.2, 0) is 0 Å². The standard InChI is InChI=1S/C10H12FN5O3/c1-19-7-2-4(8(17)18)6(3-5(7)11)15-10(14)16-9(12)13/h2-3H,1H3,(H,17,18)(H6,12,13,14,15,16). The van der Waals surface area contributed by atoms with E-state index in [1.54, 1.807) is 0 Å². The van der Waals surface area contributed by atoms with Gasteiger partial charge in [-0.15, -0.1) is 0 Å². The van der Waals surface area contributed by atoms with Crippen molar-refractivity contribution in [3.63, 3.8) is 0 Å². The number of benzene rings is 1. The van der Waals surface area contributed by atoms with Gasteiger partial charge in [-0.2, -0.15) is 4.99 Å². The molecule has 0 heterocycles. The first kappa shape index (κ1) is 14.2. The number of ether oxygens (including phenoxy) is 1. The summed E-state index contributed by atoms with van der Waals surface area (Å²) in [4.78, 5) is 18.1. The molecule has 0 fully saturated rings. The number of rotatable bonds is 3. The lowest BCUT2D eigenvalue weighted by Crippen LogP contribution is -2.26. The number of guanidine groups is 2. The Kier molecular flexibility index (Phi) is 4.24. The Bertz CT molecular complexity index is 567. The van der Waals surface area contributed by atoms with Crippen molar-refractivity contribution in [1.29, 1.82) is 0 Å². The van der Waals surface area contributed by atoms with Crippen LogP contribution in [0, 0.1) is 5.82 Å². The van der Waals surface area contributed by atoms with E-state index in [9.17, 15) is 9.18 Å². The molecular formula is C10H12FN5O3. The highest BCUT2D eigenvalue weighted by atomic mass is 19.1. The summed E-state index contributed by atoms with van der Waals surface area (Å²) in [5.41, 5.74) is 15.0. The van der Waals surface area contributed by atoms with Gasteiger partial charge in [0.25, 0.3) is 0 Å². The largest absolute Gasteiger partial charge is 0.494 e. The number of methoxy groups -OCH3 is 1. The van der Waals surface area contributed by atoms with Gasteiger partial charge in [0, 0.05) is 6.07 Å². The van der Waals surface area contributed by atoms with Crippen LogP contribution in [0.4, 0.5) is 10.1 Å². The van der Waals surface area contributed by atoms with Gasteiger partial charge < -0.3 is 27.0 Å². The van der Waals surface area contributed by atoms with Gasteiger partial charge in [-0.05, 0) is 6.07 Å². The molecule has 0 amide bonds. The van der Waals surface area contributed by atoms with Crippen LogP contribution in [0.5, 0.6) is 5.75 Å². The molecule has 0 aliphatic heterocycles. The van der Waals surface area contributed by atoms with Gasteiger partial charge in [0.05, 0.1) is 18.4 Å². The molecule has 0 radical (unpaired) electrons. The summed E-state index contributed by atoms with van der Waals surface area (Å²) in [6.07, 6.45) is 0. The average molecular weight is 269 g/mol. The Morgan fingerprint density at radius 2 is 2.00 bits per heavy atom. The molecule has 0 aliphatic carbocycles. The van der Waals surface area contributed by atoms with Crippen LogP contribution in [0.25, 0.3) is 0 Å². The second-order valence-corrected chi connectivity index (χ2v) is 3.32. The molecule has 8 nitrogen and oxygen atoms in total. The van der Waals surface area contributed by atoms with E-state index in [1.807, 2.05) is 0 Å². The van der Waals surface area contributed by atoms with E-state index in [-0.39, 0.29) is 23.0 Å². The molecule has 0 saturated heterocycles. The predicted octanol–water partition coefficient (Wildman–Crippen LogP) is -0.248. The van der Waals surface area contributed by atoms with Crippen LogP contribution in [0.3, 0.4) is 0 Å². The van der Waals surface area contributed by atoms with Gasteiger partial charge in [-0.3, -0.25) is 0 Å². The lowest BCUT2D eigenvalue weighted by Gasteiger charge is -2.06. The molecule has 0 aliphatic rings. The molecule has 0 spiro atoms. The molecule has 0 saturated carbocycles. The number of aromatic carboxylic acids is 1. The topological polar surface area (TPSA) is 149 Å². The highest BCUT2D eigenvalue weighted by Gasteiger charge is 2.15. The number of carboxylic acid groups (broad SMARTS) is 1. The smallest absolute Gasteiger partial charge is 0.338 e. The summed E-state index contributed by atoms with van der Waals surface area (Å²) in [5, 5.41) is 9.00. The van der Waals surface area contributed by atoms with Crippen LogP contribution >= 0.6 is 0 Å². The summed E-state index contributed by atoms with van der Waals surface area (Å²) in [5.74, 6) is -3.09. The highest BCUT2D eigenvalue weighted by molar-refractivity contribution is 5.98. The molecule has 0 bridgehead atoms. The van der Waals surface area contributed by atoms with Gasteiger partial charge in [0.2, 0.25) is 5.96 Å². The number of hydrogen-bond donors (Lipinski definition) is 4. The van der Waals surface area contributed by atoms with Crippen LogP contribution in [0.15, 0.2) is 22.1 Å². The predicted molar refractivity (Wildman–Crippen MR) is 67.0 cm³/mol. The van der Waals surface area contributed by atoms with E-state index in [0.717, 1.165) is 12.1 Å². The maximum Gasteiger partial charge on any atom is 0.338 e. The van der Waals surface area contributed by atoms with Gasteiger partial charge in [0.15, 0.2) is 17.5 Å². The van der Waals surface area contributed by atoms with Crippen molar-refractivity contribution >= 4 is 23.6 Å². The monoisotopic (exact) mass is 269 g/mol. The number of nitrogens with two attached hydrogens (primary N) is 3. The summed E-state index contributed by atoms with van der Waals surface area (Å²) >= 11 is 0. The fourth-order valence-corrected chi connectivity index (χ4v) is 1.24. The first-order valence-corrected chi connectivity index (χ1v) is 4.89. The number of nitrogens with zero attached hydrogens (tertiary/aromatic N) is 2. The van der Waals surface area contributed by atoms with Crippen molar-refractivity contribution in [3.8, 4) is 5.75 Å². The molecule has 0 unspecified atom stereocenters. The maximum absolute atomic E-state index is 13.5. The van der Waals surface area contributed by atoms with E-state index >= 15 is 0 Å². The minimum absolute atomic E-state index is 0.225. The second kappa shape index (κ2) is 5.67. The van der Waals surface area contributed by atoms with E-state index < -0.39 is 17.7 Å². The first-order valence-electron chi connectivity index (χ1n) is 4.89. The third-order valence-electron chi connectivity index (χ3n) is 1.98. The van der Waals surface area contributed by atoms with Gasteiger partial charge >= 0.3 is 5.97 Å². The zero-order valence-electron chi connectivity index (χ0n) is 9.92. The molecule has 1 aromatic carbocycles. The van der Waals surface area contributed by atoms with Crippen molar-refractivity contribution in [1.82, 2.24) is 0 Å². The van der Waals surface area contributed by atoms with Crippen LogP contribution in [-0.4, -0.2) is 30.1 Å². The fraction of sp³-hybridized carbons (Fsp3) is 0.100. The van der Waals surface area contributed by atoms with E-state index in [1.165, 1.54) is 7.11 Å². The molecule has 102 valence electrons. The molecule has 0 atom stereocenters. The van der Waals surface area contributed by atoms with E-state index in [2.05, 4.69) is 14.7 Å². The lowest BCUT2D eigenvalue weighted by atomic mass is 10.1. The van der Waals surface area contributed by atoms with E-state index in [0.29, 0.717) is 0 Å². The minimum Gasteiger partial charge on any atom is -0.494 e. The van der Waals surface area contributed by atoms with E-state index in [4.69, 9.17) is 22.3 Å². The minimum atomic E-state index is -1.32. The first-order chi connectivity index (χ1) is 8.85. The zero-order chi connectivity index (χ0) is 14.6. The lowest BCUT2D eigenvalue weighted by molar-refractivity contribution is 0.0697. The second-order valence-electron chi connectivity index (χ2n) is 3.32. The van der Waals surface area contributed by atoms with Crippen LogP contribution in [0.2, 0.25) is 0 Å². The summed E-state index contributed by atoms with van der Waals surface area (Å²) in [7, 11) is 1.21. The molecule has 7 N–H and O–H groups in total. The number of aliphatic imine (C=N–C) groups is 2. The van der Waals surface area contributed by atoms with Gasteiger partial charge in [-0.25, -0.2) is 14.2 Å².